The van der Waals surface area contributed by atoms with Crippen LogP contribution in [0.2, 0.25) is 0 Å². The largest absolute Gasteiger partial charge is 0.356 e. The van der Waals surface area contributed by atoms with Gasteiger partial charge in [0, 0.05) is 25.1 Å². The zero-order valence-electron chi connectivity index (χ0n) is 10.3. The molecule has 4 heteroatoms. The SMILES string of the molecule is CCCNc1nccn1Cc1ncccc1C. The molecule has 2 heterocycles. The number of imidazole rings is 1. The molecule has 2 aromatic rings. The molecule has 0 aliphatic carbocycles. The van der Waals surface area contributed by atoms with Gasteiger partial charge < -0.3 is 9.88 Å². The van der Waals surface area contributed by atoms with Crippen LogP contribution in [0.3, 0.4) is 0 Å². The van der Waals surface area contributed by atoms with Gasteiger partial charge in [0.15, 0.2) is 0 Å². The number of nitrogens with one attached hydrogen (secondary N) is 1. The quantitative estimate of drug-likeness (QED) is 0.858. The van der Waals surface area contributed by atoms with E-state index < -0.39 is 0 Å². The van der Waals surface area contributed by atoms with Crippen molar-refractivity contribution in [1.82, 2.24) is 14.5 Å². The van der Waals surface area contributed by atoms with E-state index in [2.05, 4.69) is 39.8 Å². The Balaban J connectivity index is 2.13. The summed E-state index contributed by atoms with van der Waals surface area (Å²) < 4.78 is 2.09. The van der Waals surface area contributed by atoms with E-state index >= 15 is 0 Å². The van der Waals surface area contributed by atoms with E-state index in [0.29, 0.717) is 0 Å². The van der Waals surface area contributed by atoms with Gasteiger partial charge in [-0.05, 0) is 25.0 Å². The van der Waals surface area contributed by atoms with Gasteiger partial charge in [-0.1, -0.05) is 13.0 Å². The van der Waals surface area contributed by atoms with Crippen LogP contribution < -0.4 is 5.32 Å². The smallest absolute Gasteiger partial charge is 0.203 e. The number of nitrogens with zero attached hydrogens (tertiary/aromatic N) is 3. The van der Waals surface area contributed by atoms with Gasteiger partial charge in [-0.15, -0.1) is 0 Å². The fourth-order valence-corrected chi connectivity index (χ4v) is 1.69. The molecule has 0 unspecified atom stereocenters. The second-order valence-electron chi connectivity index (χ2n) is 4.07. The van der Waals surface area contributed by atoms with E-state index in [4.69, 9.17) is 0 Å². The fraction of sp³-hybridized carbons (Fsp3) is 0.385. The van der Waals surface area contributed by atoms with Gasteiger partial charge in [0.25, 0.3) is 0 Å². The zero-order valence-corrected chi connectivity index (χ0v) is 10.3. The van der Waals surface area contributed by atoms with Gasteiger partial charge in [-0.2, -0.15) is 0 Å². The lowest BCUT2D eigenvalue weighted by molar-refractivity contribution is 0.765. The van der Waals surface area contributed by atoms with Crippen LogP contribution in [0.4, 0.5) is 5.95 Å². The van der Waals surface area contributed by atoms with Crippen LogP contribution in [0.5, 0.6) is 0 Å². The number of rotatable bonds is 5. The first-order valence-electron chi connectivity index (χ1n) is 5.96. The van der Waals surface area contributed by atoms with Crippen molar-refractivity contribution in [3.8, 4) is 0 Å². The molecule has 1 N–H and O–H groups in total. The third-order valence-electron chi connectivity index (χ3n) is 2.69. The summed E-state index contributed by atoms with van der Waals surface area (Å²) in [7, 11) is 0. The van der Waals surface area contributed by atoms with E-state index in [0.717, 1.165) is 31.2 Å². The lowest BCUT2D eigenvalue weighted by Gasteiger charge is -2.10. The number of hydrogen-bond donors (Lipinski definition) is 1. The predicted molar refractivity (Wildman–Crippen MR) is 69.1 cm³/mol. The molecule has 0 fully saturated rings. The van der Waals surface area contributed by atoms with Crippen LogP contribution in [0, 0.1) is 6.92 Å². The maximum Gasteiger partial charge on any atom is 0.203 e. The van der Waals surface area contributed by atoms with Gasteiger partial charge in [-0.25, -0.2) is 4.98 Å². The van der Waals surface area contributed by atoms with Gasteiger partial charge in [0.2, 0.25) is 5.95 Å². The van der Waals surface area contributed by atoms with Crippen LogP contribution in [-0.4, -0.2) is 21.1 Å². The molecule has 0 aromatic carbocycles. The summed E-state index contributed by atoms with van der Waals surface area (Å²) in [5.41, 5.74) is 2.30. The van der Waals surface area contributed by atoms with Crippen LogP contribution in [0.25, 0.3) is 0 Å². The summed E-state index contributed by atoms with van der Waals surface area (Å²) in [5.74, 6) is 0.914. The highest BCUT2D eigenvalue weighted by atomic mass is 15.2. The average Bonchev–Trinajstić information content (AvgIpc) is 2.77. The van der Waals surface area contributed by atoms with Crippen molar-refractivity contribution in [3.63, 3.8) is 0 Å². The minimum absolute atomic E-state index is 0.763. The van der Waals surface area contributed by atoms with Crippen LogP contribution in [-0.2, 0) is 6.54 Å². The second-order valence-corrected chi connectivity index (χ2v) is 4.07. The molecular formula is C13H18N4. The standard InChI is InChI=1S/C13H18N4/c1-3-6-15-13-16-8-9-17(13)10-12-11(2)5-4-7-14-12/h4-5,7-9H,3,6,10H2,1-2H3,(H,15,16). The van der Waals surface area contributed by atoms with Crippen molar-refractivity contribution in [2.45, 2.75) is 26.8 Å². The Labute approximate surface area is 102 Å². The summed E-state index contributed by atoms with van der Waals surface area (Å²) in [6, 6.07) is 4.04. The molecule has 2 rings (SSSR count). The molecule has 17 heavy (non-hydrogen) atoms. The van der Waals surface area contributed by atoms with Crippen molar-refractivity contribution < 1.29 is 0 Å². The second kappa shape index (κ2) is 5.48. The summed E-state index contributed by atoms with van der Waals surface area (Å²) in [6.07, 6.45) is 6.72. The molecule has 2 aromatic heterocycles. The molecule has 0 atom stereocenters. The number of hydrogen-bond acceptors (Lipinski definition) is 3. The first kappa shape index (κ1) is 11.6. The van der Waals surface area contributed by atoms with Crippen molar-refractivity contribution in [2.24, 2.45) is 0 Å². The summed E-state index contributed by atoms with van der Waals surface area (Å²) in [5, 5.41) is 3.31. The maximum absolute atomic E-state index is 4.40. The van der Waals surface area contributed by atoms with E-state index in [-0.39, 0.29) is 0 Å². The number of pyridine rings is 1. The Morgan fingerprint density at radius 2 is 2.18 bits per heavy atom. The fourth-order valence-electron chi connectivity index (χ4n) is 1.69. The van der Waals surface area contributed by atoms with Crippen LogP contribution in [0.1, 0.15) is 24.6 Å². The molecule has 90 valence electrons. The Kier molecular flexibility index (Phi) is 3.75. The van der Waals surface area contributed by atoms with Crippen molar-refractivity contribution >= 4 is 5.95 Å². The lowest BCUT2D eigenvalue weighted by Crippen LogP contribution is -2.10. The number of aromatic nitrogens is 3. The van der Waals surface area contributed by atoms with Gasteiger partial charge in [0.05, 0.1) is 12.2 Å². The highest BCUT2D eigenvalue weighted by Gasteiger charge is 2.04. The average molecular weight is 230 g/mol. The van der Waals surface area contributed by atoms with Crippen molar-refractivity contribution in [1.29, 1.82) is 0 Å². The lowest BCUT2D eigenvalue weighted by atomic mass is 10.2. The highest BCUT2D eigenvalue weighted by Crippen LogP contribution is 2.10. The Bertz CT molecular complexity index is 476. The first-order chi connectivity index (χ1) is 8.31. The summed E-state index contributed by atoms with van der Waals surface area (Å²) in [4.78, 5) is 8.70. The molecule has 0 spiro atoms. The van der Waals surface area contributed by atoms with E-state index in [1.165, 1.54) is 5.56 Å². The topological polar surface area (TPSA) is 42.7 Å². The van der Waals surface area contributed by atoms with Crippen LogP contribution in [0.15, 0.2) is 30.7 Å². The van der Waals surface area contributed by atoms with E-state index in [1.54, 1.807) is 0 Å². The Morgan fingerprint density at radius 3 is 2.94 bits per heavy atom. The molecule has 0 radical (unpaired) electrons. The first-order valence-corrected chi connectivity index (χ1v) is 5.96. The van der Waals surface area contributed by atoms with E-state index in [9.17, 15) is 0 Å². The van der Waals surface area contributed by atoms with Crippen LogP contribution >= 0.6 is 0 Å². The van der Waals surface area contributed by atoms with Gasteiger partial charge in [0.1, 0.15) is 0 Å². The molecular weight excluding hydrogens is 212 g/mol. The predicted octanol–water partition coefficient (Wildman–Crippen LogP) is 2.46. The number of aryl methyl sites for hydroxylation is 1. The molecule has 0 saturated heterocycles. The summed E-state index contributed by atoms with van der Waals surface area (Å²) in [6.45, 7) is 5.93. The summed E-state index contributed by atoms with van der Waals surface area (Å²) >= 11 is 0. The van der Waals surface area contributed by atoms with E-state index in [1.807, 2.05) is 24.7 Å². The Morgan fingerprint density at radius 1 is 1.29 bits per heavy atom. The third-order valence-corrected chi connectivity index (χ3v) is 2.69. The normalized spacial score (nSPS) is 10.5. The molecule has 0 bridgehead atoms. The molecule has 0 aliphatic rings. The Hall–Kier alpha value is -1.84. The van der Waals surface area contributed by atoms with Gasteiger partial charge >= 0.3 is 0 Å². The maximum atomic E-state index is 4.40. The van der Waals surface area contributed by atoms with Crippen molar-refractivity contribution in [3.05, 3.63) is 42.0 Å². The minimum Gasteiger partial charge on any atom is -0.356 e. The minimum atomic E-state index is 0.763. The molecule has 0 saturated carbocycles. The third kappa shape index (κ3) is 2.84. The number of anilines is 1. The van der Waals surface area contributed by atoms with Crippen molar-refractivity contribution in [2.75, 3.05) is 11.9 Å². The molecule has 4 nitrogen and oxygen atoms in total. The molecule has 0 amide bonds. The monoisotopic (exact) mass is 230 g/mol. The zero-order chi connectivity index (χ0) is 12.1. The van der Waals surface area contributed by atoms with Gasteiger partial charge in [-0.3, -0.25) is 4.98 Å². The molecule has 0 aliphatic heterocycles. The highest BCUT2D eigenvalue weighted by molar-refractivity contribution is 5.28.